The first-order chi connectivity index (χ1) is 14.3. The fraction of sp³-hybridized carbons (Fsp3) is 0.600. The summed E-state index contributed by atoms with van der Waals surface area (Å²) in [4.78, 5) is 23.9. The zero-order valence-electron chi connectivity index (χ0n) is 17.0. The minimum atomic E-state index is -5.06. The van der Waals surface area contributed by atoms with Gasteiger partial charge in [0, 0.05) is 19.6 Å². The molecule has 0 aromatic heterocycles. The quantitative estimate of drug-likeness (QED) is 0.557. The van der Waals surface area contributed by atoms with Crippen molar-refractivity contribution >= 4 is 17.6 Å². The summed E-state index contributed by atoms with van der Waals surface area (Å²) in [6, 6.07) is 4.41. The number of nitrogens with zero attached hydrogens (tertiary/aromatic N) is 1. The topological polar surface area (TPSA) is 74.3 Å². The summed E-state index contributed by atoms with van der Waals surface area (Å²) < 4.78 is 60.2. The van der Waals surface area contributed by atoms with E-state index in [0.29, 0.717) is 29.9 Å². The summed E-state index contributed by atoms with van der Waals surface area (Å²) >= 11 is 0. The zero-order chi connectivity index (χ0) is 22.1. The third-order valence-corrected chi connectivity index (χ3v) is 4.62. The van der Waals surface area contributed by atoms with E-state index in [2.05, 4.69) is 4.74 Å². The molecular formula is C20H26F3NO6. The molecule has 30 heavy (non-hydrogen) atoms. The molecule has 0 aliphatic carbocycles. The molecule has 0 N–H and O–H groups in total. The molecule has 1 heterocycles. The number of carbonyl (C=O) groups is 2. The van der Waals surface area contributed by atoms with Gasteiger partial charge in [0.05, 0.1) is 26.5 Å². The molecule has 1 amide bonds. The maximum atomic E-state index is 13.2. The molecule has 1 aromatic rings. The number of esters is 1. The van der Waals surface area contributed by atoms with Crippen LogP contribution in [0.25, 0.3) is 0 Å². The van der Waals surface area contributed by atoms with Crippen LogP contribution in [0.2, 0.25) is 0 Å². The van der Waals surface area contributed by atoms with Gasteiger partial charge in [-0.1, -0.05) is 6.07 Å². The van der Waals surface area contributed by atoms with Crippen molar-refractivity contribution in [3.63, 3.8) is 0 Å². The van der Waals surface area contributed by atoms with Crippen LogP contribution in [0.15, 0.2) is 18.2 Å². The van der Waals surface area contributed by atoms with Gasteiger partial charge in [-0.15, -0.1) is 0 Å². The van der Waals surface area contributed by atoms with Gasteiger partial charge in [0.15, 0.2) is 6.29 Å². The van der Waals surface area contributed by atoms with Gasteiger partial charge < -0.3 is 18.9 Å². The van der Waals surface area contributed by atoms with E-state index in [1.807, 2.05) is 0 Å². The molecule has 7 nitrogen and oxygen atoms in total. The Balaban J connectivity index is 2.16. The van der Waals surface area contributed by atoms with Crippen molar-refractivity contribution in [2.45, 2.75) is 44.6 Å². The van der Waals surface area contributed by atoms with E-state index in [1.165, 1.54) is 26.4 Å². The van der Waals surface area contributed by atoms with Gasteiger partial charge in [0.1, 0.15) is 5.75 Å². The lowest BCUT2D eigenvalue weighted by molar-refractivity contribution is -0.173. The molecule has 10 heteroatoms. The molecule has 0 radical (unpaired) electrons. The standard InChI is InChI=1S/C20H26F3NO6/c1-27-16-13-14(7-9-17(25)28-2)6-8-15(16)24(19(26)20(21,22)23)10-12-30-18-5-3-4-11-29-18/h6,8,13,18H,3-5,7,9-12H2,1-2H3. The number of amides is 1. The highest BCUT2D eigenvalue weighted by Gasteiger charge is 2.43. The number of hydrogen-bond acceptors (Lipinski definition) is 6. The molecule has 0 saturated carbocycles. The largest absolute Gasteiger partial charge is 0.495 e. The third kappa shape index (κ3) is 6.88. The SMILES string of the molecule is COC(=O)CCc1ccc(N(CCOC2CCCCO2)C(=O)C(F)(F)F)c(OC)c1. The Hall–Kier alpha value is -2.33. The summed E-state index contributed by atoms with van der Waals surface area (Å²) in [5.74, 6) is -2.34. The van der Waals surface area contributed by atoms with Gasteiger partial charge in [0.2, 0.25) is 0 Å². The molecule has 1 aliphatic heterocycles. The van der Waals surface area contributed by atoms with Crippen LogP contribution in [0.5, 0.6) is 5.75 Å². The van der Waals surface area contributed by atoms with Crippen molar-refractivity contribution in [2.75, 3.05) is 38.9 Å². The van der Waals surface area contributed by atoms with Gasteiger partial charge in [0.25, 0.3) is 0 Å². The number of rotatable bonds is 9. The first kappa shape index (κ1) is 23.9. The van der Waals surface area contributed by atoms with Crippen LogP contribution in [0, 0.1) is 0 Å². The molecule has 1 aliphatic rings. The maximum Gasteiger partial charge on any atom is 0.471 e. The Morgan fingerprint density at radius 1 is 1.23 bits per heavy atom. The molecule has 168 valence electrons. The molecule has 1 unspecified atom stereocenters. The molecule has 1 atom stereocenters. The highest BCUT2D eigenvalue weighted by molar-refractivity contribution is 5.98. The predicted octanol–water partition coefficient (Wildman–Crippen LogP) is 3.24. The van der Waals surface area contributed by atoms with E-state index < -0.39 is 24.3 Å². The average Bonchev–Trinajstić information content (AvgIpc) is 2.74. The van der Waals surface area contributed by atoms with Crippen LogP contribution in [-0.2, 0) is 30.2 Å². The third-order valence-electron chi connectivity index (χ3n) is 4.62. The van der Waals surface area contributed by atoms with Crippen LogP contribution < -0.4 is 9.64 Å². The monoisotopic (exact) mass is 433 g/mol. The summed E-state index contributed by atoms with van der Waals surface area (Å²) in [5, 5.41) is 0. The Bertz CT molecular complexity index is 719. The second kappa shape index (κ2) is 11.2. The van der Waals surface area contributed by atoms with Crippen molar-refractivity contribution in [3.8, 4) is 5.75 Å². The van der Waals surface area contributed by atoms with Crippen LogP contribution in [-0.4, -0.2) is 58.3 Å². The summed E-state index contributed by atoms with van der Waals surface area (Å²) in [5.41, 5.74) is 0.627. The van der Waals surface area contributed by atoms with Crippen LogP contribution in [0.1, 0.15) is 31.2 Å². The van der Waals surface area contributed by atoms with Gasteiger partial charge in [-0.2, -0.15) is 13.2 Å². The minimum Gasteiger partial charge on any atom is -0.495 e. The number of ether oxygens (including phenoxy) is 4. The molecule has 2 rings (SSSR count). The predicted molar refractivity (Wildman–Crippen MR) is 101 cm³/mol. The number of halogens is 3. The van der Waals surface area contributed by atoms with Crippen molar-refractivity contribution in [3.05, 3.63) is 23.8 Å². The van der Waals surface area contributed by atoms with Gasteiger partial charge in [-0.05, 0) is 43.4 Å². The molecular weight excluding hydrogens is 407 g/mol. The molecule has 1 aromatic carbocycles. The van der Waals surface area contributed by atoms with Gasteiger partial charge in [-0.25, -0.2) is 0 Å². The van der Waals surface area contributed by atoms with E-state index in [9.17, 15) is 22.8 Å². The fourth-order valence-corrected chi connectivity index (χ4v) is 3.05. The Morgan fingerprint density at radius 3 is 2.60 bits per heavy atom. The summed E-state index contributed by atoms with van der Waals surface area (Å²) in [6.45, 7) is 0.0898. The van der Waals surface area contributed by atoms with Crippen molar-refractivity contribution in [1.82, 2.24) is 0 Å². The smallest absolute Gasteiger partial charge is 0.471 e. The van der Waals surface area contributed by atoms with Crippen LogP contribution in [0.4, 0.5) is 18.9 Å². The zero-order valence-corrected chi connectivity index (χ0v) is 17.0. The normalized spacial score (nSPS) is 16.8. The average molecular weight is 433 g/mol. The van der Waals surface area contributed by atoms with E-state index in [0.717, 1.165) is 12.8 Å². The van der Waals surface area contributed by atoms with E-state index in [4.69, 9.17) is 14.2 Å². The first-order valence-corrected chi connectivity index (χ1v) is 9.62. The number of anilines is 1. The van der Waals surface area contributed by atoms with Crippen LogP contribution >= 0.6 is 0 Å². The molecule has 0 spiro atoms. The van der Waals surface area contributed by atoms with Gasteiger partial charge in [-0.3, -0.25) is 14.5 Å². The summed E-state index contributed by atoms with van der Waals surface area (Å²) in [7, 11) is 2.57. The Morgan fingerprint density at radius 2 is 2.00 bits per heavy atom. The second-order valence-corrected chi connectivity index (χ2v) is 6.70. The molecule has 1 saturated heterocycles. The minimum absolute atomic E-state index is 0.0326. The fourth-order valence-electron chi connectivity index (χ4n) is 3.05. The van der Waals surface area contributed by atoms with Crippen molar-refractivity contribution < 1.29 is 41.7 Å². The number of methoxy groups -OCH3 is 2. The lowest BCUT2D eigenvalue weighted by Gasteiger charge is -2.28. The highest BCUT2D eigenvalue weighted by atomic mass is 19.4. The number of hydrogen-bond donors (Lipinski definition) is 0. The van der Waals surface area contributed by atoms with Crippen LogP contribution in [0.3, 0.4) is 0 Å². The van der Waals surface area contributed by atoms with Crippen molar-refractivity contribution in [2.24, 2.45) is 0 Å². The number of carbonyl (C=O) groups excluding carboxylic acids is 2. The first-order valence-electron chi connectivity index (χ1n) is 9.62. The lowest BCUT2D eigenvalue weighted by atomic mass is 10.1. The number of alkyl halides is 3. The van der Waals surface area contributed by atoms with E-state index in [1.54, 1.807) is 6.07 Å². The van der Waals surface area contributed by atoms with Gasteiger partial charge >= 0.3 is 18.1 Å². The number of aryl methyl sites for hydroxylation is 1. The summed E-state index contributed by atoms with van der Waals surface area (Å²) in [6.07, 6.45) is -2.63. The van der Waals surface area contributed by atoms with E-state index in [-0.39, 0.29) is 31.0 Å². The number of benzene rings is 1. The second-order valence-electron chi connectivity index (χ2n) is 6.70. The Labute approximate surface area is 173 Å². The molecule has 0 bridgehead atoms. The van der Waals surface area contributed by atoms with Crippen molar-refractivity contribution in [1.29, 1.82) is 0 Å². The maximum absolute atomic E-state index is 13.2. The Kier molecular flexibility index (Phi) is 8.91. The van der Waals surface area contributed by atoms with E-state index >= 15 is 0 Å². The highest BCUT2D eigenvalue weighted by Crippen LogP contribution is 2.33. The molecule has 1 fully saturated rings. The lowest BCUT2D eigenvalue weighted by Crippen LogP contribution is -2.43.